The van der Waals surface area contributed by atoms with Crippen LogP contribution in [-0.4, -0.2) is 32.6 Å². The van der Waals surface area contributed by atoms with Crippen molar-refractivity contribution < 1.29 is 18.0 Å². The summed E-state index contributed by atoms with van der Waals surface area (Å²) in [6.07, 6.45) is 0.423. The van der Waals surface area contributed by atoms with Gasteiger partial charge in [-0.2, -0.15) is 5.10 Å². The minimum absolute atomic E-state index is 0.0221. The number of hydrogen-bond acceptors (Lipinski definition) is 6. The van der Waals surface area contributed by atoms with Crippen LogP contribution in [-0.2, 0) is 4.79 Å². The minimum Gasteiger partial charge on any atom is -0.411 e. The lowest BCUT2D eigenvalue weighted by Crippen LogP contribution is -2.28. The summed E-state index contributed by atoms with van der Waals surface area (Å²) in [5.74, 6) is -0.584. The number of benzene rings is 3. The molecule has 0 saturated carbocycles. The first-order valence-corrected chi connectivity index (χ1v) is 11.5. The third kappa shape index (κ3) is 4.74. The van der Waals surface area contributed by atoms with Gasteiger partial charge in [-0.05, 0) is 47.5 Å². The number of carbonyl (C=O) groups excluding carboxylic acids is 1. The zero-order valence-electron chi connectivity index (χ0n) is 17.8. The maximum atomic E-state index is 13.5. The van der Waals surface area contributed by atoms with E-state index in [0.717, 1.165) is 28.5 Å². The molecule has 0 saturated heterocycles. The number of rotatable bonds is 6. The van der Waals surface area contributed by atoms with E-state index in [2.05, 4.69) is 15.3 Å². The van der Waals surface area contributed by atoms with Crippen molar-refractivity contribution in [2.24, 2.45) is 5.10 Å². The summed E-state index contributed by atoms with van der Waals surface area (Å²) in [5.41, 5.74) is 2.92. The van der Waals surface area contributed by atoms with Gasteiger partial charge in [-0.25, -0.2) is 13.8 Å². The van der Waals surface area contributed by atoms with E-state index < -0.39 is 6.04 Å². The van der Waals surface area contributed by atoms with Gasteiger partial charge < -0.3 is 4.42 Å². The zero-order chi connectivity index (χ0) is 23.5. The molecule has 0 aliphatic carbocycles. The Morgan fingerprint density at radius 1 is 0.912 bits per heavy atom. The molecule has 0 radical (unpaired) electrons. The first-order chi connectivity index (χ1) is 16.6. The molecule has 170 valence electrons. The van der Waals surface area contributed by atoms with Crippen LogP contribution in [0.15, 0.2) is 93.6 Å². The highest BCUT2D eigenvalue weighted by atomic mass is 32.2. The topological polar surface area (TPSA) is 71.6 Å². The van der Waals surface area contributed by atoms with Crippen molar-refractivity contribution in [1.29, 1.82) is 0 Å². The van der Waals surface area contributed by atoms with Crippen LogP contribution in [0.2, 0.25) is 0 Å². The van der Waals surface area contributed by atoms with Crippen LogP contribution in [0.3, 0.4) is 0 Å². The van der Waals surface area contributed by atoms with E-state index in [1.54, 1.807) is 24.3 Å². The number of nitrogens with zero attached hydrogens (tertiary/aromatic N) is 4. The number of thioether (sulfide) groups is 1. The number of amides is 1. The van der Waals surface area contributed by atoms with Gasteiger partial charge in [0.15, 0.2) is 0 Å². The monoisotopic (exact) mass is 476 g/mol. The van der Waals surface area contributed by atoms with Crippen molar-refractivity contribution in [1.82, 2.24) is 15.2 Å². The summed E-state index contributed by atoms with van der Waals surface area (Å²) in [4.78, 5) is 13.2. The Morgan fingerprint density at radius 2 is 1.59 bits per heavy atom. The van der Waals surface area contributed by atoms with E-state index >= 15 is 0 Å². The highest BCUT2D eigenvalue weighted by molar-refractivity contribution is 7.99. The van der Waals surface area contributed by atoms with Gasteiger partial charge in [0.25, 0.3) is 11.1 Å². The van der Waals surface area contributed by atoms with Crippen LogP contribution in [0.5, 0.6) is 0 Å². The molecule has 3 aromatic carbocycles. The van der Waals surface area contributed by atoms with Gasteiger partial charge in [-0.15, -0.1) is 10.2 Å². The SMILES string of the molecule is O=C(CSc1nnc(-c2ccccc2)o1)N1N=C(c2ccc(F)cc2)C[C@H]1c1ccc(F)cc1. The second-order valence-corrected chi connectivity index (χ2v) is 8.52. The Labute approximate surface area is 198 Å². The minimum atomic E-state index is -0.406. The molecule has 6 nitrogen and oxygen atoms in total. The van der Waals surface area contributed by atoms with Crippen molar-refractivity contribution in [3.63, 3.8) is 0 Å². The van der Waals surface area contributed by atoms with E-state index in [1.807, 2.05) is 30.3 Å². The standard InChI is InChI=1S/C25H18F2N4O2S/c26-19-10-6-16(7-11-19)21-14-22(17-8-12-20(27)13-9-17)31(30-21)23(32)15-34-25-29-28-24(33-25)18-4-2-1-3-5-18/h1-13,22H,14-15H2/t22-/m0/s1. The van der Waals surface area contributed by atoms with Crippen LogP contribution in [0.1, 0.15) is 23.6 Å². The second-order valence-electron chi connectivity index (χ2n) is 7.59. The molecule has 4 aromatic rings. The number of halogens is 2. The van der Waals surface area contributed by atoms with E-state index in [4.69, 9.17) is 4.42 Å². The molecular formula is C25H18F2N4O2S. The molecule has 0 fully saturated rings. The first kappa shape index (κ1) is 22.0. The van der Waals surface area contributed by atoms with E-state index in [0.29, 0.717) is 18.0 Å². The van der Waals surface area contributed by atoms with Crippen molar-refractivity contribution in [3.05, 3.63) is 102 Å². The number of hydrazone groups is 1. The highest BCUT2D eigenvalue weighted by Gasteiger charge is 2.33. The second kappa shape index (κ2) is 9.56. The quantitative estimate of drug-likeness (QED) is 0.345. The third-order valence-electron chi connectivity index (χ3n) is 5.34. The normalized spacial score (nSPS) is 15.4. The molecule has 5 rings (SSSR count). The molecule has 1 amide bonds. The average molecular weight is 477 g/mol. The molecule has 0 N–H and O–H groups in total. The fourth-order valence-corrected chi connectivity index (χ4v) is 4.27. The maximum Gasteiger partial charge on any atom is 0.277 e. The van der Waals surface area contributed by atoms with Crippen LogP contribution in [0.4, 0.5) is 8.78 Å². The number of hydrogen-bond donors (Lipinski definition) is 0. The molecular weight excluding hydrogens is 458 g/mol. The summed E-state index contributed by atoms with van der Waals surface area (Å²) in [6, 6.07) is 20.9. The molecule has 9 heteroatoms. The van der Waals surface area contributed by atoms with Crippen molar-refractivity contribution in [2.75, 3.05) is 5.75 Å². The lowest BCUT2D eigenvalue weighted by Gasteiger charge is -2.21. The molecule has 2 heterocycles. The third-order valence-corrected chi connectivity index (χ3v) is 6.15. The van der Waals surface area contributed by atoms with Crippen molar-refractivity contribution in [3.8, 4) is 11.5 Å². The fraction of sp³-hybridized carbons (Fsp3) is 0.120. The molecule has 1 aliphatic rings. The lowest BCUT2D eigenvalue weighted by molar-refractivity contribution is -0.130. The summed E-state index contributed by atoms with van der Waals surface area (Å²) >= 11 is 1.12. The van der Waals surface area contributed by atoms with Gasteiger partial charge in [0.2, 0.25) is 5.89 Å². The van der Waals surface area contributed by atoms with Gasteiger partial charge in [0.1, 0.15) is 11.6 Å². The van der Waals surface area contributed by atoms with Gasteiger partial charge in [-0.3, -0.25) is 4.79 Å². The fourth-order valence-electron chi connectivity index (χ4n) is 3.66. The summed E-state index contributed by atoms with van der Waals surface area (Å²) in [7, 11) is 0. The summed E-state index contributed by atoms with van der Waals surface area (Å²) in [5, 5.41) is 14.3. The van der Waals surface area contributed by atoms with Crippen molar-refractivity contribution in [2.45, 2.75) is 17.7 Å². The van der Waals surface area contributed by atoms with E-state index in [-0.39, 0.29) is 28.5 Å². The zero-order valence-corrected chi connectivity index (χ0v) is 18.6. The predicted octanol–water partition coefficient (Wildman–Crippen LogP) is 5.48. The molecule has 1 atom stereocenters. The Bertz CT molecular complexity index is 1330. The largest absolute Gasteiger partial charge is 0.411 e. The molecule has 0 bridgehead atoms. The Kier molecular flexibility index (Phi) is 6.18. The summed E-state index contributed by atoms with van der Waals surface area (Å²) < 4.78 is 32.5. The predicted molar refractivity (Wildman–Crippen MR) is 124 cm³/mol. The number of carbonyl (C=O) groups is 1. The van der Waals surface area contributed by atoms with Gasteiger partial charge in [0.05, 0.1) is 17.5 Å². The molecule has 0 unspecified atom stereocenters. The van der Waals surface area contributed by atoms with Crippen LogP contribution >= 0.6 is 11.8 Å². The van der Waals surface area contributed by atoms with Gasteiger partial charge in [-0.1, -0.05) is 54.2 Å². The van der Waals surface area contributed by atoms with Gasteiger partial charge in [0, 0.05) is 12.0 Å². The average Bonchev–Trinajstić information content (AvgIpc) is 3.52. The van der Waals surface area contributed by atoms with E-state index in [1.165, 1.54) is 29.3 Å². The van der Waals surface area contributed by atoms with Crippen LogP contribution in [0, 0.1) is 11.6 Å². The maximum absolute atomic E-state index is 13.5. The smallest absolute Gasteiger partial charge is 0.277 e. The van der Waals surface area contributed by atoms with E-state index in [9.17, 15) is 13.6 Å². The Hall–Kier alpha value is -3.85. The molecule has 1 aromatic heterocycles. The number of aromatic nitrogens is 2. The molecule has 0 spiro atoms. The lowest BCUT2D eigenvalue weighted by atomic mass is 9.98. The highest BCUT2D eigenvalue weighted by Crippen LogP contribution is 2.34. The van der Waals surface area contributed by atoms with Crippen molar-refractivity contribution >= 4 is 23.4 Å². The Balaban J connectivity index is 1.34. The summed E-state index contributed by atoms with van der Waals surface area (Å²) in [6.45, 7) is 0. The Morgan fingerprint density at radius 3 is 2.29 bits per heavy atom. The molecule has 1 aliphatic heterocycles. The van der Waals surface area contributed by atoms with Crippen LogP contribution < -0.4 is 0 Å². The first-order valence-electron chi connectivity index (χ1n) is 10.5. The van der Waals surface area contributed by atoms with Crippen LogP contribution in [0.25, 0.3) is 11.5 Å². The molecule has 34 heavy (non-hydrogen) atoms. The van der Waals surface area contributed by atoms with Gasteiger partial charge >= 0.3 is 0 Å².